The van der Waals surface area contributed by atoms with Gasteiger partial charge in [-0.05, 0) is 13.0 Å². The van der Waals surface area contributed by atoms with Crippen molar-refractivity contribution in [3.8, 4) is 0 Å². The lowest BCUT2D eigenvalue weighted by Crippen LogP contribution is -2.15. The summed E-state index contributed by atoms with van der Waals surface area (Å²) < 4.78 is 4.82. The molecular weight excluding hydrogens is 210 g/mol. The molecule has 0 aliphatic rings. The van der Waals surface area contributed by atoms with Gasteiger partial charge in [-0.3, -0.25) is 14.9 Å². The number of anilines is 1. The van der Waals surface area contributed by atoms with Crippen molar-refractivity contribution < 1.29 is 9.32 Å². The van der Waals surface area contributed by atoms with E-state index in [1.165, 1.54) is 18.3 Å². The standard InChI is InChI=1S/C10H9N3O3/c1-6-4-9(16-13-6)12-10(15)7-2-3-11-8(14)5-7/h2-5H,1H3,(H,11,14)(H,12,15). The quantitative estimate of drug-likeness (QED) is 0.786. The van der Waals surface area contributed by atoms with Gasteiger partial charge in [0.05, 0.1) is 5.69 Å². The number of carbonyl (C=O) groups excluding carboxylic acids is 1. The smallest absolute Gasteiger partial charge is 0.258 e. The molecule has 0 bridgehead atoms. The van der Waals surface area contributed by atoms with Crippen molar-refractivity contribution in [2.45, 2.75) is 6.92 Å². The molecular formula is C10H9N3O3. The molecule has 0 aromatic carbocycles. The van der Waals surface area contributed by atoms with Gasteiger partial charge in [0.15, 0.2) is 0 Å². The molecule has 0 fully saturated rings. The molecule has 0 saturated carbocycles. The second-order valence-corrected chi connectivity index (χ2v) is 3.23. The van der Waals surface area contributed by atoms with E-state index in [0.29, 0.717) is 5.69 Å². The second kappa shape index (κ2) is 4.01. The van der Waals surface area contributed by atoms with Crippen LogP contribution in [-0.2, 0) is 0 Å². The summed E-state index contributed by atoms with van der Waals surface area (Å²) in [5.74, 6) is -0.162. The van der Waals surface area contributed by atoms with Crippen molar-refractivity contribution >= 4 is 11.8 Å². The van der Waals surface area contributed by atoms with Crippen LogP contribution < -0.4 is 10.9 Å². The van der Waals surface area contributed by atoms with Crippen LogP contribution in [0.4, 0.5) is 5.88 Å². The normalized spacial score (nSPS) is 10.1. The molecule has 1 amide bonds. The molecule has 2 N–H and O–H groups in total. The lowest BCUT2D eigenvalue weighted by atomic mass is 10.2. The third-order valence-electron chi connectivity index (χ3n) is 1.90. The SMILES string of the molecule is Cc1cc(NC(=O)c2cc[nH]c(=O)c2)on1. The Morgan fingerprint density at radius 1 is 1.50 bits per heavy atom. The minimum Gasteiger partial charge on any atom is -0.338 e. The average molecular weight is 219 g/mol. The molecule has 0 aliphatic carbocycles. The Labute approximate surface area is 90.3 Å². The number of H-pyrrole nitrogens is 1. The summed E-state index contributed by atoms with van der Waals surface area (Å²) in [6, 6.07) is 4.30. The summed E-state index contributed by atoms with van der Waals surface area (Å²) in [5.41, 5.74) is 0.598. The highest BCUT2D eigenvalue weighted by atomic mass is 16.5. The largest absolute Gasteiger partial charge is 0.338 e. The number of carbonyl (C=O) groups is 1. The number of hydrogen-bond acceptors (Lipinski definition) is 4. The fraction of sp³-hybridized carbons (Fsp3) is 0.100. The van der Waals surface area contributed by atoms with Crippen molar-refractivity contribution in [2.24, 2.45) is 0 Å². The van der Waals surface area contributed by atoms with Crippen molar-refractivity contribution in [1.29, 1.82) is 0 Å². The molecule has 2 aromatic heterocycles. The van der Waals surface area contributed by atoms with E-state index in [1.807, 2.05) is 0 Å². The van der Waals surface area contributed by atoms with E-state index < -0.39 is 5.91 Å². The molecule has 2 heterocycles. The molecule has 0 atom stereocenters. The average Bonchev–Trinajstić information content (AvgIpc) is 2.64. The summed E-state index contributed by atoms with van der Waals surface area (Å²) in [7, 11) is 0. The van der Waals surface area contributed by atoms with Gasteiger partial charge in [0.2, 0.25) is 11.4 Å². The molecule has 2 rings (SSSR count). The predicted molar refractivity (Wildman–Crippen MR) is 56.3 cm³/mol. The summed E-state index contributed by atoms with van der Waals surface area (Å²) in [4.78, 5) is 25.0. The van der Waals surface area contributed by atoms with Gasteiger partial charge in [-0.1, -0.05) is 5.16 Å². The van der Waals surface area contributed by atoms with E-state index in [0.717, 1.165) is 0 Å². The Morgan fingerprint density at radius 3 is 2.94 bits per heavy atom. The number of amides is 1. The summed E-state index contributed by atoms with van der Waals surface area (Å²) in [6.45, 7) is 1.74. The van der Waals surface area contributed by atoms with Crippen molar-refractivity contribution in [2.75, 3.05) is 5.32 Å². The van der Waals surface area contributed by atoms with Gasteiger partial charge in [-0.15, -0.1) is 0 Å². The Kier molecular flexibility index (Phi) is 2.55. The summed E-state index contributed by atoms with van der Waals surface area (Å²) in [5, 5.41) is 6.11. The van der Waals surface area contributed by atoms with Crippen LogP contribution in [0.3, 0.4) is 0 Å². The van der Waals surface area contributed by atoms with Crippen LogP contribution in [0.5, 0.6) is 0 Å². The first kappa shape index (κ1) is 10.2. The van der Waals surface area contributed by atoms with Gasteiger partial charge in [0, 0.05) is 23.9 Å². The van der Waals surface area contributed by atoms with Crippen LogP contribution in [-0.4, -0.2) is 16.0 Å². The van der Waals surface area contributed by atoms with Gasteiger partial charge in [0.25, 0.3) is 5.91 Å². The first-order chi connectivity index (χ1) is 7.65. The first-order valence-electron chi connectivity index (χ1n) is 4.58. The number of hydrogen-bond donors (Lipinski definition) is 2. The fourth-order valence-corrected chi connectivity index (χ4v) is 1.19. The first-order valence-corrected chi connectivity index (χ1v) is 4.58. The Bertz CT molecular complexity index is 570. The highest BCUT2D eigenvalue weighted by Gasteiger charge is 2.09. The number of aromatic amines is 1. The van der Waals surface area contributed by atoms with Crippen LogP contribution in [0.25, 0.3) is 0 Å². The van der Waals surface area contributed by atoms with E-state index in [2.05, 4.69) is 15.5 Å². The zero-order chi connectivity index (χ0) is 11.5. The van der Waals surface area contributed by atoms with E-state index in [-0.39, 0.29) is 17.0 Å². The van der Waals surface area contributed by atoms with Crippen LogP contribution in [0.2, 0.25) is 0 Å². The third-order valence-corrected chi connectivity index (χ3v) is 1.90. The van der Waals surface area contributed by atoms with Crippen molar-refractivity contribution in [3.05, 3.63) is 46.0 Å². The topological polar surface area (TPSA) is 88.0 Å². The molecule has 6 heteroatoms. The van der Waals surface area contributed by atoms with Gasteiger partial charge in [-0.25, -0.2) is 0 Å². The number of pyridine rings is 1. The van der Waals surface area contributed by atoms with E-state index in [1.54, 1.807) is 13.0 Å². The number of nitrogens with one attached hydrogen (secondary N) is 2. The van der Waals surface area contributed by atoms with E-state index in [9.17, 15) is 9.59 Å². The molecule has 0 unspecified atom stereocenters. The second-order valence-electron chi connectivity index (χ2n) is 3.23. The van der Waals surface area contributed by atoms with Crippen molar-refractivity contribution in [3.63, 3.8) is 0 Å². The fourth-order valence-electron chi connectivity index (χ4n) is 1.19. The lowest BCUT2D eigenvalue weighted by molar-refractivity contribution is 0.102. The Morgan fingerprint density at radius 2 is 2.31 bits per heavy atom. The van der Waals surface area contributed by atoms with Gasteiger partial charge in [-0.2, -0.15) is 0 Å². The minimum absolute atomic E-state index is 0.253. The number of rotatable bonds is 2. The zero-order valence-electron chi connectivity index (χ0n) is 8.48. The predicted octanol–water partition coefficient (Wildman–Crippen LogP) is 0.924. The minimum atomic E-state index is -0.415. The molecule has 16 heavy (non-hydrogen) atoms. The Hall–Kier alpha value is -2.37. The number of aryl methyl sites for hydroxylation is 1. The molecule has 6 nitrogen and oxygen atoms in total. The lowest BCUT2D eigenvalue weighted by Gasteiger charge is -1.99. The Balaban J connectivity index is 2.17. The molecule has 0 aliphatic heterocycles. The summed E-state index contributed by atoms with van der Waals surface area (Å²) >= 11 is 0. The summed E-state index contributed by atoms with van der Waals surface area (Å²) in [6.07, 6.45) is 1.41. The highest BCUT2D eigenvalue weighted by Crippen LogP contribution is 2.09. The third kappa shape index (κ3) is 2.17. The number of nitrogens with zero attached hydrogens (tertiary/aromatic N) is 1. The highest BCUT2D eigenvalue weighted by molar-refractivity contribution is 6.03. The van der Waals surface area contributed by atoms with Crippen LogP contribution in [0.15, 0.2) is 33.7 Å². The molecule has 82 valence electrons. The van der Waals surface area contributed by atoms with E-state index in [4.69, 9.17) is 4.52 Å². The van der Waals surface area contributed by atoms with Crippen molar-refractivity contribution in [1.82, 2.24) is 10.1 Å². The maximum absolute atomic E-state index is 11.6. The van der Waals surface area contributed by atoms with Crippen LogP contribution in [0, 0.1) is 6.92 Å². The maximum atomic E-state index is 11.6. The van der Waals surface area contributed by atoms with Gasteiger partial charge >= 0.3 is 0 Å². The monoisotopic (exact) mass is 219 g/mol. The van der Waals surface area contributed by atoms with Gasteiger partial charge in [0.1, 0.15) is 0 Å². The van der Waals surface area contributed by atoms with Crippen LogP contribution >= 0.6 is 0 Å². The zero-order valence-corrected chi connectivity index (χ0v) is 8.48. The molecule has 2 aromatic rings. The van der Waals surface area contributed by atoms with E-state index >= 15 is 0 Å². The van der Waals surface area contributed by atoms with Crippen LogP contribution in [0.1, 0.15) is 16.1 Å². The number of aromatic nitrogens is 2. The molecule has 0 saturated heterocycles. The van der Waals surface area contributed by atoms with Gasteiger partial charge < -0.3 is 9.51 Å². The molecule has 0 radical (unpaired) electrons. The molecule has 0 spiro atoms. The maximum Gasteiger partial charge on any atom is 0.258 e.